The molecular weight excluding hydrogens is 288 g/mol. The molecule has 0 saturated carbocycles. The van der Waals surface area contributed by atoms with Gasteiger partial charge in [0, 0.05) is 24.0 Å². The van der Waals surface area contributed by atoms with Crippen molar-refractivity contribution in [3.8, 4) is 0 Å². The molecule has 22 heavy (non-hydrogen) atoms. The maximum Gasteiger partial charge on any atom is 0.0352 e. The van der Waals surface area contributed by atoms with E-state index in [2.05, 4.69) is 66.5 Å². The van der Waals surface area contributed by atoms with E-state index in [4.69, 9.17) is 0 Å². The van der Waals surface area contributed by atoms with Crippen molar-refractivity contribution in [1.82, 2.24) is 9.80 Å². The monoisotopic (exact) mass is 314 g/mol. The highest BCUT2D eigenvalue weighted by atomic mass is 32.1. The summed E-state index contributed by atoms with van der Waals surface area (Å²) >= 11 is 1.90. The fourth-order valence-corrected chi connectivity index (χ4v) is 4.28. The molecule has 0 spiro atoms. The van der Waals surface area contributed by atoms with Crippen molar-refractivity contribution >= 4 is 11.3 Å². The molecule has 1 aromatic carbocycles. The van der Waals surface area contributed by atoms with Gasteiger partial charge in [-0.15, -0.1) is 11.3 Å². The Morgan fingerprint density at radius 3 is 2.59 bits per heavy atom. The number of aryl methyl sites for hydroxylation is 1. The van der Waals surface area contributed by atoms with Crippen LogP contribution in [0.2, 0.25) is 0 Å². The minimum absolute atomic E-state index is 0.593. The minimum Gasteiger partial charge on any atom is -0.305 e. The van der Waals surface area contributed by atoms with Gasteiger partial charge in [-0.05, 0) is 68.5 Å². The summed E-state index contributed by atoms with van der Waals surface area (Å²) in [6, 6.07) is 12.1. The van der Waals surface area contributed by atoms with Crippen LogP contribution in [0.5, 0.6) is 0 Å². The van der Waals surface area contributed by atoms with Gasteiger partial charge in [0.25, 0.3) is 0 Å². The summed E-state index contributed by atoms with van der Waals surface area (Å²) in [5.74, 6) is 0. The van der Waals surface area contributed by atoms with Crippen molar-refractivity contribution in [2.45, 2.75) is 38.9 Å². The second-order valence-electron chi connectivity index (χ2n) is 6.63. The minimum atomic E-state index is 0.593. The van der Waals surface area contributed by atoms with Crippen molar-refractivity contribution in [1.29, 1.82) is 0 Å². The standard InChI is InChI=1S/C19H26N2S/c1-15-10-12-22-19(15)14-21-11-4-5-18(21)17-8-6-16(7-9-17)13-20(2)3/h6-10,12,18H,4-5,11,13-14H2,1-3H3. The van der Waals surface area contributed by atoms with Crippen LogP contribution in [0.4, 0.5) is 0 Å². The van der Waals surface area contributed by atoms with Crippen LogP contribution in [0.25, 0.3) is 0 Å². The fraction of sp³-hybridized carbons (Fsp3) is 0.474. The number of hydrogen-bond donors (Lipinski definition) is 0. The van der Waals surface area contributed by atoms with Gasteiger partial charge in [0.15, 0.2) is 0 Å². The molecule has 1 saturated heterocycles. The molecule has 1 atom stereocenters. The van der Waals surface area contributed by atoms with E-state index in [9.17, 15) is 0 Å². The summed E-state index contributed by atoms with van der Waals surface area (Å²) in [6.45, 7) is 5.57. The second-order valence-corrected chi connectivity index (χ2v) is 7.64. The van der Waals surface area contributed by atoms with E-state index in [-0.39, 0.29) is 0 Å². The molecule has 3 heteroatoms. The topological polar surface area (TPSA) is 6.48 Å². The Morgan fingerprint density at radius 1 is 1.18 bits per heavy atom. The molecule has 0 radical (unpaired) electrons. The molecule has 2 nitrogen and oxygen atoms in total. The summed E-state index contributed by atoms with van der Waals surface area (Å²) in [4.78, 5) is 6.40. The first-order chi connectivity index (χ1) is 10.6. The summed E-state index contributed by atoms with van der Waals surface area (Å²) in [6.07, 6.45) is 2.60. The highest BCUT2D eigenvalue weighted by molar-refractivity contribution is 7.10. The van der Waals surface area contributed by atoms with Crippen LogP contribution < -0.4 is 0 Å². The quantitative estimate of drug-likeness (QED) is 0.804. The van der Waals surface area contributed by atoms with Gasteiger partial charge in [-0.3, -0.25) is 4.90 Å². The van der Waals surface area contributed by atoms with Crippen LogP contribution >= 0.6 is 11.3 Å². The van der Waals surface area contributed by atoms with Crippen LogP contribution in [0, 0.1) is 6.92 Å². The first kappa shape index (κ1) is 15.7. The zero-order chi connectivity index (χ0) is 15.5. The van der Waals surface area contributed by atoms with E-state index < -0.39 is 0 Å². The van der Waals surface area contributed by atoms with Crippen LogP contribution in [-0.2, 0) is 13.1 Å². The van der Waals surface area contributed by atoms with Gasteiger partial charge >= 0.3 is 0 Å². The molecular formula is C19H26N2S. The smallest absolute Gasteiger partial charge is 0.0352 e. The number of benzene rings is 1. The fourth-order valence-electron chi connectivity index (χ4n) is 3.35. The predicted molar refractivity (Wildman–Crippen MR) is 95.3 cm³/mol. The van der Waals surface area contributed by atoms with E-state index in [1.165, 1.54) is 41.0 Å². The third-order valence-electron chi connectivity index (χ3n) is 4.54. The lowest BCUT2D eigenvalue weighted by Gasteiger charge is -2.25. The largest absolute Gasteiger partial charge is 0.305 e. The molecule has 0 bridgehead atoms. The van der Waals surface area contributed by atoms with Crippen molar-refractivity contribution in [2.24, 2.45) is 0 Å². The molecule has 2 heterocycles. The number of hydrogen-bond acceptors (Lipinski definition) is 3. The Labute approximate surface area is 138 Å². The molecule has 1 aromatic heterocycles. The lowest BCUT2D eigenvalue weighted by atomic mass is 10.0. The summed E-state index contributed by atoms with van der Waals surface area (Å²) in [5.41, 5.74) is 4.32. The van der Waals surface area contributed by atoms with Gasteiger partial charge < -0.3 is 4.90 Å². The number of thiophene rings is 1. The highest BCUT2D eigenvalue weighted by Crippen LogP contribution is 2.34. The average molecular weight is 314 g/mol. The van der Waals surface area contributed by atoms with Gasteiger partial charge in [0.1, 0.15) is 0 Å². The Kier molecular flexibility index (Phi) is 4.97. The maximum absolute atomic E-state index is 2.65. The Hall–Kier alpha value is -1.16. The summed E-state index contributed by atoms with van der Waals surface area (Å²) in [7, 11) is 4.24. The van der Waals surface area contributed by atoms with Gasteiger partial charge in [0.2, 0.25) is 0 Å². The number of nitrogens with zero attached hydrogens (tertiary/aromatic N) is 2. The van der Waals surface area contributed by atoms with Gasteiger partial charge in [-0.1, -0.05) is 24.3 Å². The van der Waals surface area contributed by atoms with Crippen LogP contribution in [0.3, 0.4) is 0 Å². The Bertz CT molecular complexity index is 600. The predicted octanol–water partition coefficient (Wildman–Crippen LogP) is 4.46. The molecule has 0 amide bonds. The molecule has 0 aliphatic carbocycles. The lowest BCUT2D eigenvalue weighted by Crippen LogP contribution is -2.22. The first-order valence-electron chi connectivity index (χ1n) is 8.14. The molecule has 118 valence electrons. The molecule has 1 unspecified atom stereocenters. The van der Waals surface area contributed by atoms with Crippen LogP contribution in [0.15, 0.2) is 35.7 Å². The number of rotatable bonds is 5. The van der Waals surface area contributed by atoms with Crippen molar-refractivity contribution in [3.05, 3.63) is 57.3 Å². The van der Waals surface area contributed by atoms with Crippen molar-refractivity contribution in [3.63, 3.8) is 0 Å². The average Bonchev–Trinajstić information content (AvgIpc) is 3.10. The third kappa shape index (κ3) is 3.60. The highest BCUT2D eigenvalue weighted by Gasteiger charge is 2.26. The lowest BCUT2D eigenvalue weighted by molar-refractivity contribution is 0.250. The summed E-state index contributed by atoms with van der Waals surface area (Å²) in [5, 5.41) is 2.21. The van der Waals surface area contributed by atoms with E-state index in [1.54, 1.807) is 0 Å². The van der Waals surface area contributed by atoms with Crippen LogP contribution in [-0.4, -0.2) is 30.4 Å². The third-order valence-corrected chi connectivity index (χ3v) is 5.55. The van der Waals surface area contributed by atoms with E-state index in [0.717, 1.165) is 13.1 Å². The molecule has 3 rings (SSSR count). The maximum atomic E-state index is 2.65. The molecule has 1 aliphatic rings. The van der Waals surface area contributed by atoms with E-state index in [0.29, 0.717) is 6.04 Å². The molecule has 2 aromatic rings. The zero-order valence-corrected chi connectivity index (χ0v) is 14.7. The second kappa shape index (κ2) is 6.95. The van der Waals surface area contributed by atoms with Gasteiger partial charge in [-0.2, -0.15) is 0 Å². The zero-order valence-electron chi connectivity index (χ0n) is 13.9. The molecule has 1 aliphatic heterocycles. The van der Waals surface area contributed by atoms with Crippen LogP contribution in [0.1, 0.15) is 40.5 Å². The normalized spacial score (nSPS) is 19.2. The van der Waals surface area contributed by atoms with E-state index in [1.807, 2.05) is 11.3 Å². The SMILES string of the molecule is Cc1ccsc1CN1CCCC1c1ccc(CN(C)C)cc1. The number of likely N-dealkylation sites (tertiary alicyclic amines) is 1. The molecule has 1 fully saturated rings. The Morgan fingerprint density at radius 2 is 1.95 bits per heavy atom. The summed E-state index contributed by atoms with van der Waals surface area (Å²) < 4.78 is 0. The van der Waals surface area contributed by atoms with Gasteiger partial charge in [-0.25, -0.2) is 0 Å². The van der Waals surface area contributed by atoms with Gasteiger partial charge in [0.05, 0.1) is 0 Å². The van der Waals surface area contributed by atoms with Crippen molar-refractivity contribution in [2.75, 3.05) is 20.6 Å². The molecule has 0 N–H and O–H groups in total. The van der Waals surface area contributed by atoms with Crippen molar-refractivity contribution < 1.29 is 0 Å². The first-order valence-corrected chi connectivity index (χ1v) is 9.02. The van der Waals surface area contributed by atoms with E-state index >= 15 is 0 Å². The Balaban J connectivity index is 1.71.